The normalized spacial score (nSPS) is 17.0. The highest BCUT2D eigenvalue weighted by atomic mass is 32.1. The predicted octanol–water partition coefficient (Wildman–Crippen LogP) is 7.27. The number of fused-ring (bicyclic) bond motifs is 2. The van der Waals surface area contributed by atoms with E-state index in [0.29, 0.717) is 114 Å². The van der Waals surface area contributed by atoms with Crippen LogP contribution in [0.1, 0.15) is 112 Å². The van der Waals surface area contributed by atoms with Gasteiger partial charge in [0, 0.05) is 100 Å². The zero-order valence-corrected chi connectivity index (χ0v) is 48.8. The molecule has 2 saturated heterocycles. The molecule has 3 aromatic heterocycles. The number of thiazole rings is 1. The highest BCUT2D eigenvalue weighted by molar-refractivity contribution is 7.13. The number of anilines is 2. The van der Waals surface area contributed by atoms with E-state index in [0.717, 1.165) is 51.4 Å². The minimum atomic E-state index is -2.71. The van der Waals surface area contributed by atoms with Crippen LogP contribution in [0.15, 0.2) is 54.3 Å². The molecule has 2 fully saturated rings. The molecule has 9 rings (SSSR count). The molecule has 82 heavy (non-hydrogen) atoms. The van der Waals surface area contributed by atoms with Crippen LogP contribution in [0.2, 0.25) is 0 Å². The van der Waals surface area contributed by atoms with Crippen LogP contribution in [0, 0.1) is 12.3 Å². The molecule has 3 N–H and O–H groups in total. The van der Waals surface area contributed by atoms with Crippen molar-refractivity contribution in [2.45, 2.75) is 123 Å². The Morgan fingerprint density at radius 2 is 1.56 bits per heavy atom. The summed E-state index contributed by atoms with van der Waals surface area (Å²) in [6.45, 7) is 12.5. The van der Waals surface area contributed by atoms with Gasteiger partial charge in [0.1, 0.15) is 12.1 Å². The van der Waals surface area contributed by atoms with Crippen LogP contribution in [0.5, 0.6) is 0 Å². The number of ether oxygens (including phenoxy) is 3. The molecule has 4 aliphatic heterocycles. The Morgan fingerprint density at radius 1 is 0.841 bits per heavy atom. The van der Waals surface area contributed by atoms with Gasteiger partial charge in [-0.3, -0.25) is 28.5 Å². The molecule has 6 amide bonds. The summed E-state index contributed by atoms with van der Waals surface area (Å²) < 4.78 is 50.3. The van der Waals surface area contributed by atoms with E-state index in [9.17, 15) is 32.8 Å². The lowest BCUT2D eigenvalue weighted by molar-refractivity contribution is -0.144. The zero-order valence-electron chi connectivity index (χ0n) is 48.0. The summed E-state index contributed by atoms with van der Waals surface area (Å²) in [6.07, 6.45) is 5.65. The largest absolute Gasteiger partial charge is 0.379 e. The van der Waals surface area contributed by atoms with Crippen molar-refractivity contribution in [1.82, 2.24) is 55.2 Å². The number of carbonyl (C=O) groups is 5. The standard InChI is InChI=1S/C59H78F2N12O8S/c1-38-52(82-37-64-38)40-13-11-39(12-14-40)33-63-56(76)48-10-8-21-72(48)57(77)53(59(2,3)4)66-50(74)18-25-79-27-29-81-30-28-80-26-19-51(75)69-22-15-43(16-23-69)73-47-17-24-70(58(78)62-5)36-46(47)55(67-73)71-20-7-9-41-31-44(42-34-65-68(6)35-42)45(54(60)61)32-49(41)71/h11-14,31-32,34-35,37,43,48,53-54H,7-10,15-30,33,36H2,1-6H3,(H,62,78)(H,63,76)(H,66,74)/t48-,53+/m0/s1. The van der Waals surface area contributed by atoms with Gasteiger partial charge in [-0.25, -0.2) is 18.6 Å². The Morgan fingerprint density at radius 3 is 2.22 bits per heavy atom. The maximum absolute atomic E-state index is 14.8. The van der Waals surface area contributed by atoms with Gasteiger partial charge in [-0.2, -0.15) is 10.2 Å². The van der Waals surface area contributed by atoms with Crippen LogP contribution in [0.3, 0.4) is 0 Å². The summed E-state index contributed by atoms with van der Waals surface area (Å²) in [4.78, 5) is 79.6. The van der Waals surface area contributed by atoms with Gasteiger partial charge < -0.3 is 49.8 Å². The Balaban J connectivity index is 0.672. The predicted molar refractivity (Wildman–Crippen MR) is 307 cm³/mol. The number of aromatic nitrogens is 5. The van der Waals surface area contributed by atoms with E-state index < -0.39 is 23.9 Å². The van der Waals surface area contributed by atoms with Crippen LogP contribution >= 0.6 is 11.3 Å². The fourth-order valence-electron chi connectivity index (χ4n) is 11.5. The maximum atomic E-state index is 14.8. The number of halogens is 2. The van der Waals surface area contributed by atoms with Crippen LogP contribution in [0.4, 0.5) is 25.1 Å². The topological polar surface area (TPSA) is 211 Å². The van der Waals surface area contributed by atoms with E-state index in [1.165, 1.54) is 0 Å². The van der Waals surface area contributed by atoms with Crippen LogP contribution < -0.4 is 20.9 Å². The van der Waals surface area contributed by atoms with Crippen molar-refractivity contribution in [3.8, 4) is 21.6 Å². The third-order valence-corrected chi connectivity index (χ3v) is 16.9. The van der Waals surface area contributed by atoms with Crippen molar-refractivity contribution in [2.24, 2.45) is 12.5 Å². The Hall–Kier alpha value is -6.82. The summed E-state index contributed by atoms with van der Waals surface area (Å²) in [5.41, 5.74) is 8.87. The molecule has 0 aliphatic carbocycles. The second-order valence-electron chi connectivity index (χ2n) is 22.6. The molecule has 4 aliphatic rings. The summed E-state index contributed by atoms with van der Waals surface area (Å²) in [6, 6.07) is 9.85. The summed E-state index contributed by atoms with van der Waals surface area (Å²) in [7, 11) is 3.37. The number of likely N-dealkylation sites (tertiary alicyclic amines) is 2. The minimum Gasteiger partial charge on any atom is -0.379 e. The van der Waals surface area contributed by atoms with Crippen LogP contribution in [-0.4, -0.2) is 160 Å². The number of hydrogen-bond acceptors (Lipinski definition) is 13. The second kappa shape index (κ2) is 27.1. The minimum absolute atomic E-state index is 0.00421. The van der Waals surface area contributed by atoms with E-state index in [-0.39, 0.29) is 80.5 Å². The Kier molecular flexibility index (Phi) is 19.7. The number of carbonyl (C=O) groups excluding carboxylic acids is 5. The van der Waals surface area contributed by atoms with Gasteiger partial charge >= 0.3 is 6.03 Å². The summed E-state index contributed by atoms with van der Waals surface area (Å²) >= 11 is 1.59. The van der Waals surface area contributed by atoms with E-state index in [4.69, 9.17) is 19.3 Å². The number of nitrogens with zero attached hydrogens (tertiary/aromatic N) is 9. The second-order valence-corrected chi connectivity index (χ2v) is 23.5. The zero-order chi connectivity index (χ0) is 58.1. The fourth-order valence-corrected chi connectivity index (χ4v) is 12.3. The Labute approximate surface area is 482 Å². The van der Waals surface area contributed by atoms with Crippen molar-refractivity contribution >= 4 is 52.5 Å². The van der Waals surface area contributed by atoms with Crippen molar-refractivity contribution < 1.29 is 47.0 Å². The first-order valence-corrected chi connectivity index (χ1v) is 29.5. The molecule has 0 saturated carbocycles. The number of aryl methyl sites for hydroxylation is 3. The molecule has 442 valence electrons. The SMILES string of the molecule is CNC(=O)N1CCc2c(c(N3CCCc4cc(-c5cnn(C)c5)c(C(F)F)cc43)nn2C2CCN(C(=O)CCOCCOCCOCCC(=O)N[C@H](C(=O)N3CCC[C@H]3C(=O)NCc3ccc(-c4scnc4C)cc3)C(C)(C)C)CC2)C1. The first-order valence-electron chi connectivity index (χ1n) is 28.6. The number of benzene rings is 2. The number of piperidine rings is 1. The third kappa shape index (κ3) is 14.1. The van der Waals surface area contributed by atoms with Gasteiger partial charge in [-0.15, -0.1) is 11.3 Å². The summed E-state index contributed by atoms with van der Waals surface area (Å²) in [5.74, 6) is -0.136. The number of rotatable bonds is 22. The van der Waals surface area contributed by atoms with Crippen molar-refractivity contribution in [3.63, 3.8) is 0 Å². The monoisotopic (exact) mass is 1150 g/mol. The van der Waals surface area contributed by atoms with Crippen molar-refractivity contribution in [2.75, 3.05) is 84.3 Å². The van der Waals surface area contributed by atoms with Gasteiger partial charge in [0.2, 0.25) is 23.6 Å². The van der Waals surface area contributed by atoms with Crippen molar-refractivity contribution in [3.05, 3.63) is 87.9 Å². The highest BCUT2D eigenvalue weighted by Crippen LogP contribution is 2.44. The first kappa shape index (κ1) is 59.8. The molecule has 5 aromatic rings. The molecule has 20 nitrogen and oxygen atoms in total. The number of alkyl halides is 2. The Bertz CT molecular complexity index is 3040. The molecule has 7 heterocycles. The molecule has 0 unspecified atom stereocenters. The first-order chi connectivity index (χ1) is 39.5. The third-order valence-electron chi connectivity index (χ3n) is 16.0. The lowest BCUT2D eigenvalue weighted by Gasteiger charge is -2.35. The lowest BCUT2D eigenvalue weighted by atomic mass is 9.85. The van der Waals surface area contributed by atoms with Gasteiger partial charge in [0.25, 0.3) is 6.43 Å². The van der Waals surface area contributed by atoms with E-state index >= 15 is 0 Å². The van der Waals surface area contributed by atoms with E-state index in [2.05, 4.69) is 35.6 Å². The van der Waals surface area contributed by atoms with E-state index in [1.54, 1.807) is 58.4 Å². The maximum Gasteiger partial charge on any atom is 0.317 e. The molecular formula is C59H78F2N12O8S. The lowest BCUT2D eigenvalue weighted by Crippen LogP contribution is -2.57. The molecule has 2 aromatic carbocycles. The number of amides is 6. The van der Waals surface area contributed by atoms with Crippen LogP contribution in [-0.2, 0) is 66.4 Å². The van der Waals surface area contributed by atoms with Gasteiger partial charge in [0.05, 0.1) is 80.9 Å². The van der Waals surface area contributed by atoms with Gasteiger partial charge in [-0.1, -0.05) is 45.0 Å². The van der Waals surface area contributed by atoms with Gasteiger partial charge in [0.15, 0.2) is 5.82 Å². The number of urea groups is 1. The van der Waals surface area contributed by atoms with E-state index in [1.807, 2.05) is 68.4 Å². The smallest absolute Gasteiger partial charge is 0.317 e. The fraction of sp³-hybridized carbons (Fsp3) is 0.559. The van der Waals surface area contributed by atoms with Crippen LogP contribution in [0.25, 0.3) is 21.6 Å². The molecule has 23 heteroatoms. The number of hydrogen-bond donors (Lipinski definition) is 3. The average molecular weight is 1150 g/mol. The summed E-state index contributed by atoms with van der Waals surface area (Å²) in [5, 5.41) is 18.2. The van der Waals surface area contributed by atoms with Crippen molar-refractivity contribution in [1.29, 1.82) is 0 Å². The highest BCUT2D eigenvalue weighted by Gasteiger charge is 2.42. The molecule has 2 atom stereocenters. The average Bonchev–Trinajstić information content (AvgIpc) is 3.39. The quantitative estimate of drug-likeness (QED) is 0.0585. The van der Waals surface area contributed by atoms with Gasteiger partial charge in [-0.05, 0) is 85.3 Å². The molecule has 0 bridgehead atoms. The molecule has 0 radical (unpaired) electrons. The molecular weight excluding hydrogens is 1070 g/mol. The molecule has 0 spiro atoms. The number of nitrogens with one attached hydrogen (secondary N) is 3.